The van der Waals surface area contributed by atoms with Crippen LogP contribution in [0.5, 0.6) is 5.75 Å². The van der Waals surface area contributed by atoms with Crippen LogP contribution in [0.15, 0.2) is 30.5 Å². The average Bonchev–Trinajstić information content (AvgIpc) is 3.06. The van der Waals surface area contributed by atoms with Crippen LogP contribution in [0.3, 0.4) is 0 Å². The lowest BCUT2D eigenvalue weighted by atomic mass is 9.97. The standard InChI is InChI=1S/C26H36F2N4O2S/c1-17-13-22(34-15-19-20(27)9-7-10-21(19)28)24-31-18(2)23(32(24)14-17)25(33)30-16-26(3,29)11-8-12-35(4,5)6/h7,9-10,13-14H,8,11-12,15-16,29H2,1-6H3,(H,30,33). The van der Waals surface area contributed by atoms with E-state index in [0.29, 0.717) is 29.3 Å². The minimum Gasteiger partial charge on any atom is -0.485 e. The first-order valence-electron chi connectivity index (χ1n) is 11.6. The molecular weight excluding hydrogens is 470 g/mol. The lowest BCUT2D eigenvalue weighted by molar-refractivity contribution is 0.0937. The van der Waals surface area contributed by atoms with Crippen molar-refractivity contribution in [2.24, 2.45) is 5.73 Å². The van der Waals surface area contributed by atoms with Crippen molar-refractivity contribution in [2.75, 3.05) is 31.1 Å². The number of nitrogens with one attached hydrogen (secondary N) is 1. The van der Waals surface area contributed by atoms with Crippen molar-refractivity contribution in [3.8, 4) is 5.75 Å². The quantitative estimate of drug-likeness (QED) is 0.417. The molecule has 0 spiro atoms. The van der Waals surface area contributed by atoms with E-state index in [1.165, 1.54) is 18.2 Å². The Morgan fingerprint density at radius 3 is 2.51 bits per heavy atom. The SMILES string of the molecule is Cc1cc(OCc2c(F)cccc2F)c2nc(C)c(C(=O)NCC(C)(N)CCCS(C)(C)C)n2c1. The average molecular weight is 507 g/mol. The maximum Gasteiger partial charge on any atom is 0.270 e. The zero-order chi connectivity index (χ0) is 26.0. The van der Waals surface area contributed by atoms with Crippen LogP contribution < -0.4 is 15.8 Å². The highest BCUT2D eigenvalue weighted by Crippen LogP contribution is 2.36. The van der Waals surface area contributed by atoms with E-state index in [-0.39, 0.29) is 18.1 Å². The molecule has 6 nitrogen and oxygen atoms in total. The van der Waals surface area contributed by atoms with Crippen molar-refractivity contribution < 1.29 is 18.3 Å². The Bertz CT molecular complexity index is 1200. The van der Waals surface area contributed by atoms with E-state index in [9.17, 15) is 13.6 Å². The van der Waals surface area contributed by atoms with Gasteiger partial charge in [-0.15, -0.1) is 0 Å². The van der Waals surface area contributed by atoms with Gasteiger partial charge in [0, 0.05) is 18.3 Å². The van der Waals surface area contributed by atoms with Gasteiger partial charge in [0.25, 0.3) is 5.91 Å². The van der Waals surface area contributed by atoms with E-state index in [2.05, 4.69) is 29.1 Å². The number of aromatic nitrogens is 2. The Morgan fingerprint density at radius 1 is 1.23 bits per heavy atom. The van der Waals surface area contributed by atoms with Gasteiger partial charge in [-0.2, -0.15) is 0 Å². The van der Waals surface area contributed by atoms with Crippen LogP contribution in [-0.4, -0.2) is 51.9 Å². The highest BCUT2D eigenvalue weighted by atomic mass is 32.3. The first-order chi connectivity index (χ1) is 16.3. The second-order valence-electron chi connectivity index (χ2n) is 10.3. The van der Waals surface area contributed by atoms with Crippen molar-refractivity contribution in [3.05, 3.63) is 64.6 Å². The summed E-state index contributed by atoms with van der Waals surface area (Å²) in [7, 11) is -0.587. The molecule has 1 atom stereocenters. The predicted molar refractivity (Wildman–Crippen MR) is 140 cm³/mol. The number of halogens is 2. The van der Waals surface area contributed by atoms with Gasteiger partial charge < -0.3 is 15.8 Å². The van der Waals surface area contributed by atoms with Crippen LogP contribution in [0.1, 0.15) is 47.1 Å². The Hall–Kier alpha value is -2.65. The molecule has 0 saturated carbocycles. The van der Waals surface area contributed by atoms with Gasteiger partial charge in [0.15, 0.2) is 11.4 Å². The lowest BCUT2D eigenvalue weighted by Crippen LogP contribution is -2.48. The molecular formula is C26H36F2N4O2S. The number of hydrogen-bond donors (Lipinski definition) is 2. The van der Waals surface area contributed by atoms with Gasteiger partial charge in [0.1, 0.15) is 23.9 Å². The molecule has 1 amide bonds. The fraction of sp³-hybridized carbons (Fsp3) is 0.462. The van der Waals surface area contributed by atoms with Gasteiger partial charge in [0.05, 0.1) is 11.3 Å². The van der Waals surface area contributed by atoms with E-state index in [0.717, 1.165) is 24.2 Å². The van der Waals surface area contributed by atoms with Crippen LogP contribution in [0, 0.1) is 25.5 Å². The molecule has 2 aromatic heterocycles. The molecule has 0 aliphatic carbocycles. The maximum absolute atomic E-state index is 14.0. The number of amides is 1. The van der Waals surface area contributed by atoms with Crippen molar-refractivity contribution in [1.82, 2.24) is 14.7 Å². The van der Waals surface area contributed by atoms with E-state index < -0.39 is 27.2 Å². The number of pyridine rings is 1. The normalized spacial score (nSPS) is 14.1. The van der Waals surface area contributed by atoms with Crippen LogP contribution in [0.2, 0.25) is 0 Å². The third-order valence-corrected chi connectivity index (χ3v) is 7.32. The summed E-state index contributed by atoms with van der Waals surface area (Å²) >= 11 is 0. The van der Waals surface area contributed by atoms with Crippen molar-refractivity contribution in [2.45, 2.75) is 45.8 Å². The Labute approximate surface area is 207 Å². The first-order valence-corrected chi connectivity index (χ1v) is 14.6. The number of hydrogen-bond acceptors (Lipinski definition) is 4. The molecule has 0 fully saturated rings. The van der Waals surface area contributed by atoms with E-state index in [1.807, 2.05) is 13.8 Å². The van der Waals surface area contributed by atoms with Crippen molar-refractivity contribution >= 4 is 21.6 Å². The predicted octanol–water partition coefficient (Wildman–Crippen LogP) is 4.73. The summed E-state index contributed by atoms with van der Waals surface area (Å²) in [5.74, 6) is -0.171. The van der Waals surface area contributed by atoms with Gasteiger partial charge in [-0.25, -0.2) is 23.8 Å². The summed E-state index contributed by atoms with van der Waals surface area (Å²) in [6.45, 7) is 5.57. The Kier molecular flexibility index (Phi) is 8.11. The number of rotatable bonds is 10. The monoisotopic (exact) mass is 506 g/mol. The molecule has 9 heteroatoms. The molecule has 0 aliphatic heterocycles. The van der Waals surface area contributed by atoms with E-state index in [1.54, 1.807) is 23.6 Å². The van der Waals surface area contributed by atoms with Gasteiger partial charge in [0.2, 0.25) is 0 Å². The summed E-state index contributed by atoms with van der Waals surface area (Å²) < 4.78 is 35.5. The summed E-state index contributed by atoms with van der Waals surface area (Å²) in [5, 5.41) is 2.96. The van der Waals surface area contributed by atoms with Crippen molar-refractivity contribution in [3.63, 3.8) is 0 Å². The number of nitrogens with zero attached hydrogens (tertiary/aromatic N) is 2. The summed E-state index contributed by atoms with van der Waals surface area (Å²) in [5.41, 5.74) is 7.87. The Morgan fingerprint density at radius 2 is 1.89 bits per heavy atom. The number of benzene rings is 1. The molecule has 0 saturated heterocycles. The Balaban J connectivity index is 1.78. The second kappa shape index (κ2) is 10.5. The molecule has 0 aliphatic rings. The smallest absolute Gasteiger partial charge is 0.270 e. The van der Waals surface area contributed by atoms with Crippen LogP contribution in [0.25, 0.3) is 5.65 Å². The maximum atomic E-state index is 14.0. The zero-order valence-electron chi connectivity index (χ0n) is 21.4. The van der Waals surface area contributed by atoms with Gasteiger partial charge in [-0.3, -0.25) is 9.20 Å². The van der Waals surface area contributed by atoms with Crippen LogP contribution in [0.4, 0.5) is 8.78 Å². The third kappa shape index (κ3) is 6.95. The highest BCUT2D eigenvalue weighted by Gasteiger charge is 2.24. The highest BCUT2D eigenvalue weighted by molar-refractivity contribution is 8.32. The van der Waals surface area contributed by atoms with Gasteiger partial charge >= 0.3 is 0 Å². The minimum atomic E-state index is -0.679. The zero-order valence-corrected chi connectivity index (χ0v) is 22.2. The number of carbonyl (C=O) groups excluding carboxylic acids is 1. The number of fused-ring (bicyclic) bond motifs is 1. The molecule has 3 aromatic rings. The lowest BCUT2D eigenvalue weighted by Gasteiger charge is -2.29. The molecule has 3 N–H and O–H groups in total. The van der Waals surface area contributed by atoms with Crippen LogP contribution in [-0.2, 0) is 6.61 Å². The molecule has 1 unspecified atom stereocenters. The number of aryl methyl sites for hydroxylation is 2. The number of imidazole rings is 1. The summed E-state index contributed by atoms with van der Waals surface area (Å²) in [6.07, 6.45) is 10.5. The van der Waals surface area contributed by atoms with Gasteiger partial charge in [-0.05, 0) is 81.9 Å². The van der Waals surface area contributed by atoms with Gasteiger partial charge in [-0.1, -0.05) is 6.07 Å². The first kappa shape index (κ1) is 26.9. The molecule has 3 rings (SSSR count). The second-order valence-corrected chi connectivity index (χ2v) is 14.9. The number of carbonyl (C=O) groups is 1. The summed E-state index contributed by atoms with van der Waals surface area (Å²) in [6, 6.07) is 5.41. The summed E-state index contributed by atoms with van der Waals surface area (Å²) in [4.78, 5) is 17.7. The molecule has 0 radical (unpaired) electrons. The fourth-order valence-electron chi connectivity index (χ4n) is 3.92. The van der Waals surface area contributed by atoms with Crippen molar-refractivity contribution in [1.29, 1.82) is 0 Å². The molecule has 1 aromatic carbocycles. The van der Waals surface area contributed by atoms with Crippen LogP contribution >= 0.6 is 10.0 Å². The molecule has 0 bridgehead atoms. The largest absolute Gasteiger partial charge is 0.485 e. The van der Waals surface area contributed by atoms with E-state index in [4.69, 9.17) is 10.5 Å². The molecule has 192 valence electrons. The third-order valence-electron chi connectivity index (χ3n) is 5.80. The topological polar surface area (TPSA) is 81.6 Å². The molecule has 2 heterocycles. The number of nitrogens with two attached hydrogens (primary N) is 1. The fourth-order valence-corrected chi connectivity index (χ4v) is 4.93. The molecule has 35 heavy (non-hydrogen) atoms. The minimum absolute atomic E-state index is 0.163. The van der Waals surface area contributed by atoms with E-state index >= 15 is 0 Å². The number of ether oxygens (including phenoxy) is 1.